The smallest absolute Gasteiger partial charge is 0.0563 e. The fraction of sp³-hybridized carbons (Fsp3) is 1.00. The summed E-state index contributed by atoms with van der Waals surface area (Å²) in [4.78, 5) is 0. The fourth-order valence-electron chi connectivity index (χ4n) is 0.497. The molecule has 2 N–H and O–H groups in total. The molecule has 56 valence electrons. The highest BCUT2D eigenvalue weighted by molar-refractivity contribution is 4.73. The molecule has 0 aliphatic carbocycles. The molecule has 0 saturated carbocycles. The molecule has 0 aliphatic rings. The molecule has 1 atom stereocenters. The van der Waals surface area contributed by atoms with Crippen LogP contribution in [0.3, 0.4) is 0 Å². The maximum atomic E-state index is 9.10. The van der Waals surface area contributed by atoms with Gasteiger partial charge in [-0.1, -0.05) is 13.8 Å². The van der Waals surface area contributed by atoms with E-state index in [-0.39, 0.29) is 18.1 Å². The van der Waals surface area contributed by atoms with Crippen LogP contribution in [-0.2, 0) is 0 Å². The van der Waals surface area contributed by atoms with Crippen LogP contribution >= 0.6 is 0 Å². The average Bonchev–Trinajstić information content (AvgIpc) is 1.65. The predicted molar refractivity (Wildman–Crippen MR) is 37.2 cm³/mol. The van der Waals surface area contributed by atoms with Gasteiger partial charge in [-0.25, -0.2) is 0 Å². The van der Waals surface area contributed by atoms with Gasteiger partial charge in [0.25, 0.3) is 0 Å². The van der Waals surface area contributed by atoms with Crippen molar-refractivity contribution in [3.05, 3.63) is 0 Å². The van der Waals surface area contributed by atoms with E-state index in [4.69, 9.17) is 10.2 Å². The van der Waals surface area contributed by atoms with Crippen LogP contribution in [0.2, 0.25) is 0 Å². The Kier molecular flexibility index (Phi) is 3.15. The number of aliphatic hydroxyl groups excluding tert-OH is 2. The first-order valence-electron chi connectivity index (χ1n) is 3.29. The molecule has 0 heterocycles. The van der Waals surface area contributed by atoms with Gasteiger partial charge in [-0.15, -0.1) is 0 Å². The molecule has 0 fully saturated rings. The van der Waals surface area contributed by atoms with Gasteiger partial charge >= 0.3 is 0 Å². The molecule has 0 aromatic heterocycles. The zero-order valence-corrected chi connectivity index (χ0v) is 6.39. The molecule has 0 saturated heterocycles. The van der Waals surface area contributed by atoms with Gasteiger partial charge in [-0.2, -0.15) is 0 Å². The molecular formula is C7H16O2. The summed E-state index contributed by atoms with van der Waals surface area (Å²) in [6, 6.07) is 0. The molecule has 0 bridgehead atoms. The van der Waals surface area contributed by atoms with Gasteiger partial charge in [-0.05, 0) is 18.8 Å². The normalized spacial score (nSPS) is 15.7. The minimum atomic E-state index is -0.343. The SMILES string of the molecule is CC(O)C(C)(C)CCO. The van der Waals surface area contributed by atoms with Crippen molar-refractivity contribution < 1.29 is 10.2 Å². The number of rotatable bonds is 3. The molecule has 9 heavy (non-hydrogen) atoms. The summed E-state index contributed by atoms with van der Waals surface area (Å²) in [5.74, 6) is 0. The Labute approximate surface area is 56.5 Å². The third-order valence-electron chi connectivity index (χ3n) is 1.89. The van der Waals surface area contributed by atoms with Gasteiger partial charge in [0, 0.05) is 6.61 Å². The lowest BCUT2D eigenvalue weighted by Gasteiger charge is -2.26. The van der Waals surface area contributed by atoms with Crippen LogP contribution in [0.5, 0.6) is 0 Å². The Bertz CT molecular complexity index is 77.0. The minimum absolute atomic E-state index is 0.144. The van der Waals surface area contributed by atoms with Crippen molar-refractivity contribution in [2.45, 2.75) is 33.3 Å². The summed E-state index contributed by atoms with van der Waals surface area (Å²) in [7, 11) is 0. The van der Waals surface area contributed by atoms with Gasteiger partial charge in [0.2, 0.25) is 0 Å². The van der Waals surface area contributed by atoms with Gasteiger partial charge in [0.05, 0.1) is 6.10 Å². The molecule has 0 aromatic rings. The maximum Gasteiger partial charge on any atom is 0.0563 e. The Morgan fingerprint density at radius 1 is 1.44 bits per heavy atom. The van der Waals surface area contributed by atoms with Gasteiger partial charge in [-0.3, -0.25) is 0 Å². The van der Waals surface area contributed by atoms with Crippen molar-refractivity contribution in [3.63, 3.8) is 0 Å². The third-order valence-corrected chi connectivity index (χ3v) is 1.89. The van der Waals surface area contributed by atoms with Gasteiger partial charge in [0.1, 0.15) is 0 Å². The summed E-state index contributed by atoms with van der Waals surface area (Å²) < 4.78 is 0. The van der Waals surface area contributed by atoms with E-state index in [9.17, 15) is 0 Å². The van der Waals surface area contributed by atoms with Gasteiger partial charge < -0.3 is 10.2 Å². The second-order valence-electron chi connectivity index (χ2n) is 3.14. The molecule has 1 unspecified atom stereocenters. The van der Waals surface area contributed by atoms with E-state index in [1.165, 1.54) is 0 Å². The highest BCUT2D eigenvalue weighted by Gasteiger charge is 2.22. The lowest BCUT2D eigenvalue weighted by Crippen LogP contribution is -2.27. The second kappa shape index (κ2) is 3.18. The fourth-order valence-corrected chi connectivity index (χ4v) is 0.497. The number of aliphatic hydroxyl groups is 2. The average molecular weight is 132 g/mol. The van der Waals surface area contributed by atoms with Crippen LogP contribution in [0, 0.1) is 5.41 Å². The summed E-state index contributed by atoms with van der Waals surface area (Å²) in [6.07, 6.45) is 0.314. The molecule has 0 amide bonds. The zero-order valence-electron chi connectivity index (χ0n) is 6.39. The van der Waals surface area contributed by atoms with Crippen molar-refractivity contribution in [1.29, 1.82) is 0 Å². The van der Waals surface area contributed by atoms with E-state index in [1.54, 1.807) is 6.92 Å². The van der Waals surface area contributed by atoms with E-state index < -0.39 is 0 Å². The van der Waals surface area contributed by atoms with E-state index in [2.05, 4.69) is 0 Å². The maximum absolute atomic E-state index is 9.10. The molecule has 2 heteroatoms. The van der Waals surface area contributed by atoms with Crippen LogP contribution in [0.4, 0.5) is 0 Å². The predicted octanol–water partition coefficient (Wildman–Crippen LogP) is 0.776. The van der Waals surface area contributed by atoms with Crippen molar-refractivity contribution in [2.75, 3.05) is 6.61 Å². The first-order chi connectivity index (χ1) is 4.00. The second-order valence-corrected chi connectivity index (χ2v) is 3.14. The van der Waals surface area contributed by atoms with Crippen molar-refractivity contribution in [2.24, 2.45) is 5.41 Å². The van der Waals surface area contributed by atoms with Crippen LogP contribution in [-0.4, -0.2) is 22.9 Å². The van der Waals surface area contributed by atoms with E-state index >= 15 is 0 Å². The van der Waals surface area contributed by atoms with Crippen molar-refractivity contribution in [1.82, 2.24) is 0 Å². The molecular weight excluding hydrogens is 116 g/mol. The molecule has 0 aromatic carbocycles. The summed E-state index contributed by atoms with van der Waals surface area (Å²) >= 11 is 0. The topological polar surface area (TPSA) is 40.5 Å². The monoisotopic (exact) mass is 132 g/mol. The van der Waals surface area contributed by atoms with Crippen LogP contribution in [0.15, 0.2) is 0 Å². The highest BCUT2D eigenvalue weighted by atomic mass is 16.3. The Hall–Kier alpha value is -0.0800. The molecule has 0 radical (unpaired) electrons. The summed E-state index contributed by atoms with van der Waals surface area (Å²) in [5, 5.41) is 17.6. The number of hydrogen-bond acceptors (Lipinski definition) is 2. The van der Waals surface area contributed by atoms with Crippen molar-refractivity contribution >= 4 is 0 Å². The standard InChI is InChI=1S/C7H16O2/c1-6(9)7(2,3)4-5-8/h6,8-9H,4-5H2,1-3H3. The Balaban J connectivity index is 3.70. The molecule has 0 spiro atoms. The van der Waals surface area contributed by atoms with Crippen LogP contribution in [0.25, 0.3) is 0 Å². The van der Waals surface area contributed by atoms with E-state index in [1.807, 2.05) is 13.8 Å². The third kappa shape index (κ3) is 2.82. The van der Waals surface area contributed by atoms with Crippen LogP contribution in [0.1, 0.15) is 27.2 Å². The molecule has 0 aliphatic heterocycles. The summed E-state index contributed by atoms with van der Waals surface area (Å²) in [6.45, 7) is 5.77. The Morgan fingerprint density at radius 3 is 2.00 bits per heavy atom. The zero-order chi connectivity index (χ0) is 7.49. The first kappa shape index (κ1) is 8.92. The van der Waals surface area contributed by atoms with Gasteiger partial charge in [0.15, 0.2) is 0 Å². The highest BCUT2D eigenvalue weighted by Crippen LogP contribution is 2.23. The van der Waals surface area contributed by atoms with E-state index in [0.717, 1.165) is 0 Å². The number of hydrogen-bond donors (Lipinski definition) is 2. The minimum Gasteiger partial charge on any atom is -0.396 e. The first-order valence-corrected chi connectivity index (χ1v) is 3.29. The van der Waals surface area contributed by atoms with E-state index in [0.29, 0.717) is 6.42 Å². The van der Waals surface area contributed by atoms with Crippen LogP contribution < -0.4 is 0 Å². The lowest BCUT2D eigenvalue weighted by molar-refractivity contribution is 0.0458. The van der Waals surface area contributed by atoms with Crippen molar-refractivity contribution in [3.8, 4) is 0 Å². The Morgan fingerprint density at radius 2 is 1.89 bits per heavy atom. The summed E-state index contributed by atoms with van der Waals surface area (Å²) in [5.41, 5.74) is -0.144. The lowest BCUT2D eigenvalue weighted by atomic mass is 9.84. The molecule has 0 rings (SSSR count). The quantitative estimate of drug-likeness (QED) is 0.595. The largest absolute Gasteiger partial charge is 0.396 e. The molecule has 2 nitrogen and oxygen atoms in total.